The van der Waals surface area contributed by atoms with Crippen molar-refractivity contribution < 1.29 is 4.79 Å². The van der Waals surface area contributed by atoms with Gasteiger partial charge in [0.1, 0.15) is 0 Å². The van der Waals surface area contributed by atoms with Crippen molar-refractivity contribution in [2.75, 3.05) is 6.54 Å². The van der Waals surface area contributed by atoms with E-state index >= 15 is 0 Å². The molecule has 0 fully saturated rings. The number of amides is 1. The second-order valence-electron chi connectivity index (χ2n) is 4.00. The van der Waals surface area contributed by atoms with E-state index in [1.165, 1.54) is 0 Å². The van der Waals surface area contributed by atoms with E-state index in [1.807, 2.05) is 36.4 Å². The van der Waals surface area contributed by atoms with Gasteiger partial charge in [-0.25, -0.2) is 0 Å². The Morgan fingerprint density at radius 2 is 2.12 bits per heavy atom. The van der Waals surface area contributed by atoms with Crippen molar-refractivity contribution in [3.05, 3.63) is 48.6 Å². The van der Waals surface area contributed by atoms with Gasteiger partial charge in [-0.1, -0.05) is 36.4 Å². The Hall–Kier alpha value is -1.61. The molecule has 0 aromatic heterocycles. The fourth-order valence-electron chi connectivity index (χ4n) is 1.54. The van der Waals surface area contributed by atoms with E-state index in [2.05, 4.69) is 11.9 Å². The van der Waals surface area contributed by atoms with E-state index in [4.69, 9.17) is 5.73 Å². The Kier molecular flexibility index (Phi) is 6.04. The highest BCUT2D eigenvalue weighted by atomic mass is 16.1. The summed E-state index contributed by atoms with van der Waals surface area (Å²) in [5.74, 6) is 0.0539. The van der Waals surface area contributed by atoms with Gasteiger partial charge >= 0.3 is 0 Å². The van der Waals surface area contributed by atoms with Crippen LogP contribution in [0.15, 0.2) is 43.0 Å². The molecule has 3 heteroatoms. The van der Waals surface area contributed by atoms with E-state index < -0.39 is 0 Å². The lowest BCUT2D eigenvalue weighted by Crippen LogP contribution is -2.31. The van der Waals surface area contributed by atoms with E-state index in [9.17, 15) is 4.79 Å². The van der Waals surface area contributed by atoms with Gasteiger partial charge in [-0.05, 0) is 18.4 Å². The summed E-state index contributed by atoms with van der Waals surface area (Å²) in [6.45, 7) is 4.10. The monoisotopic (exact) mass is 232 g/mol. The van der Waals surface area contributed by atoms with E-state index in [0.29, 0.717) is 13.0 Å². The van der Waals surface area contributed by atoms with Crippen LogP contribution in [0.5, 0.6) is 0 Å². The Bertz CT molecular complexity index is 348. The van der Waals surface area contributed by atoms with Crippen LogP contribution >= 0.6 is 0 Å². The Labute approximate surface area is 103 Å². The molecule has 0 aliphatic heterocycles. The van der Waals surface area contributed by atoms with Crippen molar-refractivity contribution in [2.45, 2.75) is 25.3 Å². The first kappa shape index (κ1) is 13.5. The Balaban J connectivity index is 2.26. The quantitative estimate of drug-likeness (QED) is 0.559. The number of hydrogen-bond acceptors (Lipinski definition) is 2. The molecule has 92 valence electrons. The lowest BCUT2D eigenvalue weighted by Gasteiger charge is -2.12. The molecule has 1 atom stereocenters. The summed E-state index contributed by atoms with van der Waals surface area (Å²) in [7, 11) is 0. The van der Waals surface area contributed by atoms with Gasteiger partial charge < -0.3 is 11.1 Å². The summed E-state index contributed by atoms with van der Waals surface area (Å²) in [5, 5.41) is 2.84. The molecule has 0 aliphatic carbocycles. The lowest BCUT2D eigenvalue weighted by molar-refractivity contribution is -0.121. The highest BCUT2D eigenvalue weighted by Gasteiger charge is 2.07. The maximum absolute atomic E-state index is 11.5. The smallest absolute Gasteiger partial charge is 0.220 e. The first-order chi connectivity index (χ1) is 8.24. The van der Waals surface area contributed by atoms with E-state index in [-0.39, 0.29) is 11.9 Å². The summed E-state index contributed by atoms with van der Waals surface area (Å²) in [4.78, 5) is 11.5. The number of unbranched alkanes of at least 4 members (excludes halogenated alkanes) is 1. The van der Waals surface area contributed by atoms with Crippen LogP contribution < -0.4 is 11.1 Å². The first-order valence-electron chi connectivity index (χ1n) is 5.92. The fourth-order valence-corrected chi connectivity index (χ4v) is 1.54. The van der Waals surface area contributed by atoms with Crippen LogP contribution in [0.25, 0.3) is 0 Å². The van der Waals surface area contributed by atoms with Gasteiger partial charge in [-0.2, -0.15) is 0 Å². The molecule has 0 heterocycles. The topological polar surface area (TPSA) is 55.1 Å². The summed E-state index contributed by atoms with van der Waals surface area (Å²) in [6.07, 6.45) is 4.07. The maximum Gasteiger partial charge on any atom is 0.220 e. The van der Waals surface area contributed by atoms with Crippen molar-refractivity contribution in [3.8, 4) is 0 Å². The molecule has 0 saturated carbocycles. The van der Waals surface area contributed by atoms with Crippen molar-refractivity contribution >= 4 is 5.91 Å². The molecule has 1 aromatic carbocycles. The molecule has 17 heavy (non-hydrogen) atoms. The average Bonchev–Trinajstić information content (AvgIpc) is 2.37. The van der Waals surface area contributed by atoms with Gasteiger partial charge in [-0.15, -0.1) is 6.58 Å². The van der Waals surface area contributed by atoms with Crippen LogP contribution in [0.1, 0.15) is 30.9 Å². The minimum absolute atomic E-state index is 0.0539. The van der Waals surface area contributed by atoms with E-state index in [1.54, 1.807) is 0 Å². The van der Waals surface area contributed by atoms with Crippen LogP contribution in [-0.2, 0) is 4.79 Å². The Morgan fingerprint density at radius 1 is 1.41 bits per heavy atom. The number of carbonyl (C=O) groups is 1. The molecule has 0 saturated heterocycles. The molecular weight excluding hydrogens is 212 g/mol. The van der Waals surface area contributed by atoms with Crippen LogP contribution in [0.3, 0.4) is 0 Å². The normalized spacial score (nSPS) is 11.8. The number of rotatable bonds is 7. The fraction of sp³-hybridized carbons (Fsp3) is 0.357. The molecule has 1 amide bonds. The van der Waals surface area contributed by atoms with Crippen molar-refractivity contribution in [3.63, 3.8) is 0 Å². The standard InChI is InChI=1S/C14H20N2O/c1-2-3-5-10-14(17)16-11-13(15)12-8-6-4-7-9-12/h2,4,6-9,13H,1,3,5,10-11,15H2,(H,16,17). The molecule has 1 rings (SSSR count). The summed E-state index contributed by atoms with van der Waals surface area (Å²) in [5.41, 5.74) is 7.01. The van der Waals surface area contributed by atoms with Crippen LogP contribution in [0.2, 0.25) is 0 Å². The van der Waals surface area contributed by atoms with Gasteiger partial charge in [0.15, 0.2) is 0 Å². The molecule has 0 spiro atoms. The van der Waals surface area contributed by atoms with Gasteiger partial charge in [0.2, 0.25) is 5.91 Å². The summed E-state index contributed by atoms with van der Waals surface area (Å²) >= 11 is 0. The predicted molar refractivity (Wildman–Crippen MR) is 70.4 cm³/mol. The first-order valence-corrected chi connectivity index (χ1v) is 5.92. The van der Waals surface area contributed by atoms with Crippen LogP contribution in [-0.4, -0.2) is 12.5 Å². The van der Waals surface area contributed by atoms with Gasteiger partial charge in [0.05, 0.1) is 0 Å². The number of benzene rings is 1. The third kappa shape index (κ3) is 5.31. The SMILES string of the molecule is C=CCCCC(=O)NCC(N)c1ccccc1. The molecule has 3 N–H and O–H groups in total. The molecular formula is C14H20N2O. The predicted octanol–water partition coefficient (Wildman–Crippen LogP) is 2.16. The molecule has 0 bridgehead atoms. The van der Waals surface area contributed by atoms with E-state index in [0.717, 1.165) is 18.4 Å². The minimum atomic E-state index is -0.139. The molecule has 0 radical (unpaired) electrons. The minimum Gasteiger partial charge on any atom is -0.354 e. The third-order valence-electron chi connectivity index (χ3n) is 2.56. The summed E-state index contributed by atoms with van der Waals surface area (Å²) in [6, 6.07) is 9.63. The second-order valence-corrected chi connectivity index (χ2v) is 4.00. The zero-order valence-corrected chi connectivity index (χ0v) is 10.1. The van der Waals surface area contributed by atoms with Gasteiger partial charge in [0.25, 0.3) is 0 Å². The molecule has 1 unspecified atom stereocenters. The zero-order chi connectivity index (χ0) is 12.5. The second kappa shape index (κ2) is 7.63. The molecule has 1 aromatic rings. The van der Waals surface area contributed by atoms with Crippen LogP contribution in [0.4, 0.5) is 0 Å². The maximum atomic E-state index is 11.5. The number of nitrogens with one attached hydrogen (secondary N) is 1. The number of hydrogen-bond donors (Lipinski definition) is 2. The zero-order valence-electron chi connectivity index (χ0n) is 10.1. The molecule has 0 aliphatic rings. The highest BCUT2D eigenvalue weighted by Crippen LogP contribution is 2.08. The van der Waals surface area contributed by atoms with Crippen LogP contribution in [0, 0.1) is 0 Å². The lowest BCUT2D eigenvalue weighted by atomic mass is 10.1. The average molecular weight is 232 g/mol. The van der Waals surface area contributed by atoms with Gasteiger partial charge in [-0.3, -0.25) is 4.79 Å². The van der Waals surface area contributed by atoms with Crippen molar-refractivity contribution in [2.24, 2.45) is 5.73 Å². The number of carbonyl (C=O) groups excluding carboxylic acids is 1. The number of nitrogens with two attached hydrogens (primary N) is 1. The highest BCUT2D eigenvalue weighted by molar-refractivity contribution is 5.75. The molecule has 3 nitrogen and oxygen atoms in total. The third-order valence-corrected chi connectivity index (χ3v) is 2.56. The number of allylic oxidation sites excluding steroid dienone is 1. The largest absolute Gasteiger partial charge is 0.354 e. The van der Waals surface area contributed by atoms with Crippen molar-refractivity contribution in [1.29, 1.82) is 0 Å². The van der Waals surface area contributed by atoms with Crippen molar-refractivity contribution in [1.82, 2.24) is 5.32 Å². The van der Waals surface area contributed by atoms with Gasteiger partial charge in [0, 0.05) is 19.0 Å². The Morgan fingerprint density at radius 3 is 2.76 bits per heavy atom. The summed E-state index contributed by atoms with van der Waals surface area (Å²) < 4.78 is 0.